The Bertz CT molecular complexity index is 654. The normalized spacial score (nSPS) is 19.6. The van der Waals surface area contributed by atoms with E-state index in [0.29, 0.717) is 10.0 Å². The molecule has 0 bridgehead atoms. The van der Waals surface area contributed by atoms with Crippen molar-refractivity contribution in [3.63, 3.8) is 0 Å². The maximum atomic E-state index is 6.32. The zero-order valence-electron chi connectivity index (χ0n) is 11.8. The molecule has 1 aliphatic rings. The van der Waals surface area contributed by atoms with Gasteiger partial charge in [0.1, 0.15) is 0 Å². The van der Waals surface area contributed by atoms with Gasteiger partial charge in [0.05, 0.1) is 15.6 Å². The summed E-state index contributed by atoms with van der Waals surface area (Å²) in [7, 11) is 0. The molecule has 0 N–H and O–H groups in total. The van der Waals surface area contributed by atoms with Crippen LogP contribution in [0.5, 0.6) is 0 Å². The molecule has 0 radical (unpaired) electrons. The minimum Gasteiger partial charge on any atom is -0.371 e. The number of rotatable bonds is 1. The van der Waals surface area contributed by atoms with Crippen molar-refractivity contribution in [2.45, 2.75) is 26.7 Å². The second-order valence-corrected chi connectivity index (χ2v) is 6.52. The molecular formula is C16H18Cl2N2. The monoisotopic (exact) mass is 308 g/mol. The highest BCUT2D eigenvalue weighted by Gasteiger charge is 2.20. The summed E-state index contributed by atoms with van der Waals surface area (Å²) in [5, 5.41) is 2.22. The second kappa shape index (κ2) is 5.42. The van der Waals surface area contributed by atoms with Crippen molar-refractivity contribution in [2.24, 2.45) is 5.92 Å². The molecule has 4 heteroatoms. The van der Waals surface area contributed by atoms with Gasteiger partial charge in [0.15, 0.2) is 0 Å². The first-order chi connectivity index (χ1) is 9.56. The number of halogens is 2. The molecule has 1 fully saturated rings. The van der Waals surface area contributed by atoms with Gasteiger partial charge in [-0.2, -0.15) is 0 Å². The number of hydrogen-bond donors (Lipinski definition) is 0. The van der Waals surface area contributed by atoms with Crippen molar-refractivity contribution in [3.8, 4) is 0 Å². The molecule has 1 saturated heterocycles. The van der Waals surface area contributed by atoms with Crippen molar-refractivity contribution in [3.05, 3.63) is 33.9 Å². The number of nitrogens with zero attached hydrogens (tertiary/aromatic N) is 2. The first kappa shape index (κ1) is 14.0. The van der Waals surface area contributed by atoms with Gasteiger partial charge in [-0.3, -0.25) is 4.98 Å². The summed E-state index contributed by atoms with van der Waals surface area (Å²) in [5.41, 5.74) is 3.03. The van der Waals surface area contributed by atoms with Gasteiger partial charge >= 0.3 is 0 Å². The number of anilines is 1. The smallest absolute Gasteiger partial charge is 0.0927 e. The van der Waals surface area contributed by atoms with Gasteiger partial charge in [-0.15, -0.1) is 0 Å². The van der Waals surface area contributed by atoms with Crippen LogP contribution in [0.4, 0.5) is 5.69 Å². The summed E-state index contributed by atoms with van der Waals surface area (Å²) in [4.78, 5) is 7.02. The molecule has 0 aliphatic carbocycles. The molecule has 1 unspecified atom stereocenters. The van der Waals surface area contributed by atoms with Gasteiger partial charge in [0.25, 0.3) is 0 Å². The maximum absolute atomic E-state index is 6.32. The molecule has 2 heterocycles. The van der Waals surface area contributed by atoms with E-state index < -0.39 is 0 Å². The first-order valence-electron chi connectivity index (χ1n) is 7.06. The standard InChI is InChI=1S/C16H18Cl2N2/c1-10-4-3-7-20(9-10)14-8-11(2)19-16-12(14)5-6-13(17)15(16)18/h5-6,8,10H,3-4,7,9H2,1-2H3. The van der Waals surface area contributed by atoms with Gasteiger partial charge in [-0.25, -0.2) is 0 Å². The minimum atomic E-state index is 0.555. The van der Waals surface area contributed by atoms with Crippen molar-refractivity contribution in [1.82, 2.24) is 4.98 Å². The quantitative estimate of drug-likeness (QED) is 0.729. The molecule has 0 amide bonds. The highest BCUT2D eigenvalue weighted by atomic mass is 35.5. The SMILES string of the molecule is Cc1cc(N2CCCC(C)C2)c2ccc(Cl)c(Cl)c2n1. The molecular weight excluding hydrogens is 291 g/mol. The summed E-state index contributed by atoms with van der Waals surface area (Å²) in [6, 6.07) is 6.05. The van der Waals surface area contributed by atoms with Crippen LogP contribution >= 0.6 is 23.2 Å². The average molecular weight is 309 g/mol. The van der Waals surface area contributed by atoms with Crippen LogP contribution in [-0.2, 0) is 0 Å². The van der Waals surface area contributed by atoms with E-state index in [0.717, 1.165) is 35.6 Å². The predicted octanol–water partition coefficient (Wildman–Crippen LogP) is 5.09. The lowest BCUT2D eigenvalue weighted by molar-refractivity contribution is 0.447. The topological polar surface area (TPSA) is 16.1 Å². The molecule has 2 aromatic rings. The molecule has 1 aromatic carbocycles. The molecule has 2 nitrogen and oxygen atoms in total. The molecule has 1 aromatic heterocycles. The summed E-state index contributed by atoms with van der Waals surface area (Å²) in [6.07, 6.45) is 2.55. The predicted molar refractivity (Wildman–Crippen MR) is 87.1 cm³/mol. The van der Waals surface area contributed by atoms with E-state index in [9.17, 15) is 0 Å². The third-order valence-corrected chi connectivity index (χ3v) is 4.77. The fraction of sp³-hybridized carbons (Fsp3) is 0.438. The highest BCUT2D eigenvalue weighted by molar-refractivity contribution is 6.45. The summed E-state index contributed by atoms with van der Waals surface area (Å²) >= 11 is 12.4. The number of piperidine rings is 1. The number of pyridine rings is 1. The van der Waals surface area contributed by atoms with Gasteiger partial charge < -0.3 is 4.90 Å². The zero-order chi connectivity index (χ0) is 14.3. The summed E-state index contributed by atoms with van der Waals surface area (Å²) in [5.74, 6) is 0.732. The third kappa shape index (κ3) is 2.47. The molecule has 1 atom stereocenters. The molecule has 0 saturated carbocycles. The van der Waals surface area contributed by atoms with Crippen LogP contribution in [0.3, 0.4) is 0 Å². The zero-order valence-corrected chi connectivity index (χ0v) is 13.3. The number of aromatic nitrogens is 1. The lowest BCUT2D eigenvalue weighted by Gasteiger charge is -2.33. The van der Waals surface area contributed by atoms with Gasteiger partial charge in [-0.05, 0) is 43.9 Å². The van der Waals surface area contributed by atoms with Crippen LogP contribution in [0.1, 0.15) is 25.5 Å². The van der Waals surface area contributed by atoms with Crippen molar-refractivity contribution in [1.29, 1.82) is 0 Å². The van der Waals surface area contributed by atoms with E-state index in [1.54, 1.807) is 0 Å². The second-order valence-electron chi connectivity index (χ2n) is 5.73. The average Bonchev–Trinajstić information content (AvgIpc) is 2.43. The van der Waals surface area contributed by atoms with E-state index in [-0.39, 0.29) is 0 Å². The fourth-order valence-corrected chi connectivity index (χ4v) is 3.37. The first-order valence-corrected chi connectivity index (χ1v) is 7.82. The van der Waals surface area contributed by atoms with Crippen LogP contribution < -0.4 is 4.90 Å². The van der Waals surface area contributed by atoms with E-state index >= 15 is 0 Å². The van der Waals surface area contributed by atoms with Crippen molar-refractivity contribution in [2.75, 3.05) is 18.0 Å². The Kier molecular flexibility index (Phi) is 3.78. The van der Waals surface area contributed by atoms with E-state index in [2.05, 4.69) is 22.9 Å². The molecule has 20 heavy (non-hydrogen) atoms. The molecule has 3 rings (SSSR count). The Hall–Kier alpha value is -0.990. The van der Waals surface area contributed by atoms with Crippen molar-refractivity contribution < 1.29 is 0 Å². The number of benzene rings is 1. The van der Waals surface area contributed by atoms with Crippen LogP contribution in [-0.4, -0.2) is 18.1 Å². The van der Waals surface area contributed by atoms with E-state index in [4.69, 9.17) is 23.2 Å². The van der Waals surface area contributed by atoms with Crippen LogP contribution in [0.15, 0.2) is 18.2 Å². The lowest BCUT2D eigenvalue weighted by Crippen LogP contribution is -2.34. The fourth-order valence-electron chi connectivity index (χ4n) is 3.01. The number of fused-ring (bicyclic) bond motifs is 1. The molecule has 0 spiro atoms. The Morgan fingerprint density at radius 3 is 2.85 bits per heavy atom. The van der Waals surface area contributed by atoms with Crippen LogP contribution in [0, 0.1) is 12.8 Å². The van der Waals surface area contributed by atoms with Gasteiger partial charge in [-0.1, -0.05) is 30.1 Å². The van der Waals surface area contributed by atoms with Crippen molar-refractivity contribution >= 4 is 39.8 Å². The summed E-state index contributed by atoms with van der Waals surface area (Å²) in [6.45, 7) is 6.52. The number of aryl methyl sites for hydroxylation is 1. The highest BCUT2D eigenvalue weighted by Crippen LogP contribution is 2.36. The van der Waals surface area contributed by atoms with Gasteiger partial charge in [0.2, 0.25) is 0 Å². The van der Waals surface area contributed by atoms with Crippen LogP contribution in [0.25, 0.3) is 10.9 Å². The van der Waals surface area contributed by atoms with E-state index in [1.165, 1.54) is 18.5 Å². The Balaban J connectivity index is 2.17. The number of hydrogen-bond acceptors (Lipinski definition) is 2. The van der Waals surface area contributed by atoms with E-state index in [1.807, 2.05) is 19.1 Å². The Morgan fingerprint density at radius 2 is 2.10 bits per heavy atom. The third-order valence-electron chi connectivity index (χ3n) is 3.98. The Morgan fingerprint density at radius 1 is 1.30 bits per heavy atom. The Labute approximate surface area is 129 Å². The van der Waals surface area contributed by atoms with Gasteiger partial charge in [0, 0.05) is 29.9 Å². The summed E-state index contributed by atoms with van der Waals surface area (Å²) < 4.78 is 0. The van der Waals surface area contributed by atoms with Crippen LogP contribution in [0.2, 0.25) is 10.0 Å². The molecule has 106 valence electrons. The lowest BCUT2D eigenvalue weighted by atomic mass is 9.99. The maximum Gasteiger partial charge on any atom is 0.0927 e. The largest absolute Gasteiger partial charge is 0.371 e. The molecule has 1 aliphatic heterocycles. The minimum absolute atomic E-state index is 0.555.